The molecule has 0 saturated carbocycles. The van der Waals surface area contributed by atoms with E-state index in [4.69, 9.17) is 9.47 Å². The summed E-state index contributed by atoms with van der Waals surface area (Å²) in [6.45, 7) is 1.38. The molecule has 0 spiro atoms. The summed E-state index contributed by atoms with van der Waals surface area (Å²) < 4.78 is 33.3. The summed E-state index contributed by atoms with van der Waals surface area (Å²) in [5.41, 5.74) is 1.83. The smallest absolute Gasteiger partial charge is 0.338 e. The summed E-state index contributed by atoms with van der Waals surface area (Å²) in [7, 11) is -1.71. The van der Waals surface area contributed by atoms with Crippen LogP contribution in [0.3, 0.4) is 0 Å². The van der Waals surface area contributed by atoms with Crippen molar-refractivity contribution in [3.05, 3.63) is 64.7 Å². The summed E-state index contributed by atoms with van der Waals surface area (Å²) in [4.78, 5) is 23.8. The van der Waals surface area contributed by atoms with Gasteiger partial charge in [-0.1, -0.05) is 12.1 Å². The van der Waals surface area contributed by atoms with Crippen molar-refractivity contribution in [2.45, 2.75) is 19.3 Å². The first-order chi connectivity index (χ1) is 12.2. The predicted molar refractivity (Wildman–Crippen MR) is 97.1 cm³/mol. The molecule has 0 aliphatic carbocycles. The Morgan fingerprint density at radius 2 is 1.77 bits per heavy atom. The fourth-order valence-electron chi connectivity index (χ4n) is 2.43. The summed E-state index contributed by atoms with van der Waals surface area (Å²) in [6, 6.07) is 11.2. The van der Waals surface area contributed by atoms with E-state index in [1.165, 1.54) is 20.1 Å². The molecule has 26 heavy (non-hydrogen) atoms. The zero-order valence-electron chi connectivity index (χ0n) is 14.8. The molecule has 2 rings (SSSR count). The number of Topliss-reactive ketones (excluding diaryl/α,β-unsaturated/α-hetero) is 1. The van der Waals surface area contributed by atoms with Gasteiger partial charge in [0.1, 0.15) is 12.4 Å². The molecule has 0 bridgehead atoms. The van der Waals surface area contributed by atoms with Gasteiger partial charge in [-0.2, -0.15) is 0 Å². The van der Waals surface area contributed by atoms with Gasteiger partial charge in [0, 0.05) is 17.4 Å². The molecule has 6 nitrogen and oxygen atoms in total. The molecule has 2 aromatic carbocycles. The SMILES string of the molecule is COc1ccc(C(C)=O)cc1COC(=O)c1cccc(CS(C)(=O)=O)c1. The van der Waals surface area contributed by atoms with E-state index in [2.05, 4.69) is 0 Å². The number of sulfone groups is 1. The summed E-state index contributed by atoms with van der Waals surface area (Å²) in [5, 5.41) is 0. The molecular formula is C19H20O6S. The third-order valence-corrected chi connectivity index (χ3v) is 4.49. The van der Waals surface area contributed by atoms with Crippen molar-refractivity contribution < 1.29 is 27.5 Å². The maximum Gasteiger partial charge on any atom is 0.338 e. The fraction of sp³-hybridized carbons (Fsp3) is 0.263. The largest absolute Gasteiger partial charge is 0.496 e. The third-order valence-electron chi connectivity index (χ3n) is 3.64. The minimum absolute atomic E-state index is 0.0700. The molecule has 0 heterocycles. The van der Waals surface area contributed by atoms with Gasteiger partial charge in [0.25, 0.3) is 0 Å². The van der Waals surface area contributed by atoms with Crippen LogP contribution in [0.15, 0.2) is 42.5 Å². The summed E-state index contributed by atoms with van der Waals surface area (Å²) in [6.07, 6.45) is 1.13. The number of benzene rings is 2. The third kappa shape index (κ3) is 5.42. The van der Waals surface area contributed by atoms with Gasteiger partial charge in [0.05, 0.1) is 18.4 Å². The number of hydrogen-bond acceptors (Lipinski definition) is 6. The molecule has 0 N–H and O–H groups in total. The lowest BCUT2D eigenvalue weighted by Gasteiger charge is -2.11. The van der Waals surface area contributed by atoms with E-state index in [0.29, 0.717) is 22.4 Å². The molecule has 0 aliphatic rings. The molecule has 2 aromatic rings. The molecule has 0 saturated heterocycles. The highest BCUT2D eigenvalue weighted by Crippen LogP contribution is 2.22. The van der Waals surface area contributed by atoms with Gasteiger partial charge in [-0.05, 0) is 42.8 Å². The van der Waals surface area contributed by atoms with Crippen LogP contribution in [0.5, 0.6) is 5.75 Å². The highest BCUT2D eigenvalue weighted by molar-refractivity contribution is 7.89. The lowest BCUT2D eigenvalue weighted by Crippen LogP contribution is -2.08. The van der Waals surface area contributed by atoms with Crippen molar-refractivity contribution in [2.24, 2.45) is 0 Å². The van der Waals surface area contributed by atoms with E-state index in [-0.39, 0.29) is 23.7 Å². The summed E-state index contributed by atoms with van der Waals surface area (Å²) >= 11 is 0. The van der Waals surface area contributed by atoms with Gasteiger partial charge in [-0.3, -0.25) is 4.79 Å². The van der Waals surface area contributed by atoms with Gasteiger partial charge in [-0.25, -0.2) is 13.2 Å². The van der Waals surface area contributed by atoms with Crippen molar-refractivity contribution in [1.29, 1.82) is 0 Å². The van der Waals surface area contributed by atoms with Crippen LogP contribution >= 0.6 is 0 Å². The van der Waals surface area contributed by atoms with E-state index in [9.17, 15) is 18.0 Å². The van der Waals surface area contributed by atoms with Crippen LogP contribution < -0.4 is 4.74 Å². The van der Waals surface area contributed by atoms with E-state index in [0.717, 1.165) is 6.26 Å². The first-order valence-electron chi connectivity index (χ1n) is 7.81. The number of carbonyl (C=O) groups excluding carboxylic acids is 2. The highest BCUT2D eigenvalue weighted by atomic mass is 32.2. The number of rotatable bonds is 7. The standard InChI is InChI=1S/C19H20O6S/c1-13(20)15-7-8-18(24-2)17(10-15)11-25-19(21)16-6-4-5-14(9-16)12-26(3,22)23/h4-10H,11-12H2,1-3H3. The highest BCUT2D eigenvalue weighted by Gasteiger charge is 2.13. The first-order valence-corrected chi connectivity index (χ1v) is 9.87. The van der Waals surface area contributed by atoms with Gasteiger partial charge >= 0.3 is 5.97 Å². The lowest BCUT2D eigenvalue weighted by atomic mass is 10.1. The van der Waals surface area contributed by atoms with Gasteiger partial charge in [0.2, 0.25) is 0 Å². The molecule has 0 radical (unpaired) electrons. The Labute approximate surface area is 152 Å². The maximum absolute atomic E-state index is 12.3. The van der Waals surface area contributed by atoms with Crippen LogP contribution in [-0.2, 0) is 26.9 Å². The van der Waals surface area contributed by atoms with Gasteiger partial charge < -0.3 is 9.47 Å². The Balaban J connectivity index is 2.15. The van der Waals surface area contributed by atoms with Crippen LogP contribution in [0.25, 0.3) is 0 Å². The second kappa shape index (κ2) is 8.14. The normalized spacial score (nSPS) is 11.0. The number of methoxy groups -OCH3 is 1. The molecule has 0 unspecified atom stereocenters. The van der Waals surface area contributed by atoms with E-state index < -0.39 is 15.8 Å². The van der Waals surface area contributed by atoms with E-state index >= 15 is 0 Å². The Bertz CT molecular complexity index is 931. The molecule has 0 amide bonds. The minimum Gasteiger partial charge on any atom is -0.496 e. The minimum atomic E-state index is -3.20. The molecule has 0 fully saturated rings. The van der Waals surface area contributed by atoms with Gasteiger partial charge in [-0.15, -0.1) is 0 Å². The van der Waals surface area contributed by atoms with Gasteiger partial charge in [0.15, 0.2) is 15.6 Å². The lowest BCUT2D eigenvalue weighted by molar-refractivity contribution is 0.0470. The zero-order chi connectivity index (χ0) is 19.3. The van der Waals surface area contributed by atoms with Crippen molar-refractivity contribution in [2.75, 3.05) is 13.4 Å². The maximum atomic E-state index is 12.3. The van der Waals surface area contributed by atoms with Crippen LogP contribution in [0.2, 0.25) is 0 Å². The molecule has 0 aromatic heterocycles. The van der Waals surface area contributed by atoms with E-state index in [1.807, 2.05) is 0 Å². The predicted octanol–water partition coefficient (Wildman–Crippen LogP) is 2.80. The molecule has 138 valence electrons. The van der Waals surface area contributed by atoms with Crippen molar-refractivity contribution in [1.82, 2.24) is 0 Å². The Morgan fingerprint density at radius 3 is 2.38 bits per heavy atom. The topological polar surface area (TPSA) is 86.7 Å². The van der Waals surface area contributed by atoms with Crippen molar-refractivity contribution >= 4 is 21.6 Å². The fourth-order valence-corrected chi connectivity index (χ4v) is 3.21. The second-order valence-electron chi connectivity index (χ2n) is 5.93. The average Bonchev–Trinajstić information content (AvgIpc) is 2.58. The number of esters is 1. The Hall–Kier alpha value is -2.67. The average molecular weight is 376 g/mol. The monoisotopic (exact) mass is 376 g/mol. The molecule has 0 atom stereocenters. The van der Waals surface area contributed by atoms with Crippen LogP contribution in [0.4, 0.5) is 0 Å². The second-order valence-corrected chi connectivity index (χ2v) is 8.07. The number of carbonyl (C=O) groups is 2. The molecule has 0 aliphatic heterocycles. The van der Waals surface area contributed by atoms with Crippen molar-refractivity contribution in [3.63, 3.8) is 0 Å². The number of ketones is 1. The molecule has 7 heteroatoms. The van der Waals surface area contributed by atoms with Crippen LogP contribution in [0, 0.1) is 0 Å². The Kier molecular flexibility index (Phi) is 6.15. The van der Waals surface area contributed by atoms with Crippen LogP contribution in [0.1, 0.15) is 38.8 Å². The van der Waals surface area contributed by atoms with E-state index in [1.54, 1.807) is 36.4 Å². The zero-order valence-corrected chi connectivity index (χ0v) is 15.6. The first kappa shape index (κ1) is 19.7. The number of ether oxygens (including phenoxy) is 2. The quantitative estimate of drug-likeness (QED) is 0.545. The van der Waals surface area contributed by atoms with Crippen molar-refractivity contribution in [3.8, 4) is 5.75 Å². The molecular weight excluding hydrogens is 356 g/mol. The number of hydrogen-bond donors (Lipinski definition) is 0. The summed E-state index contributed by atoms with van der Waals surface area (Å²) in [5.74, 6) is -0.333. The Morgan fingerprint density at radius 1 is 1.04 bits per heavy atom. The van der Waals surface area contributed by atoms with Crippen LogP contribution in [-0.4, -0.2) is 33.5 Å².